The van der Waals surface area contributed by atoms with Crippen molar-refractivity contribution in [1.82, 2.24) is 15.1 Å². The van der Waals surface area contributed by atoms with Crippen molar-refractivity contribution in [2.75, 3.05) is 26.4 Å². The molecule has 2 aliphatic heterocycles. The highest BCUT2D eigenvalue weighted by molar-refractivity contribution is 5.76. The summed E-state index contributed by atoms with van der Waals surface area (Å²) in [4.78, 5) is 11.9. The van der Waals surface area contributed by atoms with Gasteiger partial charge in [-0.1, -0.05) is 0 Å². The number of ether oxygens (including phenoxy) is 2. The van der Waals surface area contributed by atoms with E-state index in [0.717, 1.165) is 44.7 Å². The van der Waals surface area contributed by atoms with E-state index in [1.54, 1.807) is 0 Å². The molecule has 1 aromatic rings. The number of hydrogen-bond acceptors (Lipinski definition) is 4. The number of rotatable bonds is 6. The van der Waals surface area contributed by atoms with Crippen LogP contribution in [0, 0.1) is 11.8 Å². The molecule has 1 saturated carbocycles. The topological polar surface area (TPSA) is 65.4 Å². The quantitative estimate of drug-likeness (QED) is 0.863. The van der Waals surface area contributed by atoms with Gasteiger partial charge in [-0.25, -0.2) is 0 Å². The minimum Gasteiger partial charge on any atom is -0.381 e. The Morgan fingerprint density at radius 2 is 2.04 bits per heavy atom. The average molecular weight is 333 g/mol. The Morgan fingerprint density at radius 1 is 1.21 bits per heavy atom. The maximum Gasteiger partial charge on any atom is 0.220 e. The average Bonchev–Trinajstić information content (AvgIpc) is 3.30. The maximum absolute atomic E-state index is 11.9. The lowest BCUT2D eigenvalue weighted by Crippen LogP contribution is -2.32. The molecular formula is C18H27N3O3. The van der Waals surface area contributed by atoms with Crippen LogP contribution < -0.4 is 5.32 Å². The van der Waals surface area contributed by atoms with E-state index in [4.69, 9.17) is 14.6 Å². The third-order valence-electron chi connectivity index (χ3n) is 5.31. The molecule has 1 amide bonds. The van der Waals surface area contributed by atoms with E-state index in [2.05, 4.69) is 16.2 Å². The molecule has 2 fully saturated rings. The van der Waals surface area contributed by atoms with Crippen LogP contribution in [0.25, 0.3) is 0 Å². The van der Waals surface area contributed by atoms with E-state index in [0.29, 0.717) is 31.4 Å². The molecule has 1 aliphatic carbocycles. The van der Waals surface area contributed by atoms with Gasteiger partial charge in [-0.15, -0.1) is 0 Å². The largest absolute Gasteiger partial charge is 0.381 e. The fraction of sp³-hybridized carbons (Fsp3) is 0.778. The Morgan fingerprint density at radius 3 is 2.83 bits per heavy atom. The van der Waals surface area contributed by atoms with Gasteiger partial charge in [0.15, 0.2) is 0 Å². The van der Waals surface area contributed by atoms with Crippen molar-refractivity contribution in [3.63, 3.8) is 0 Å². The molecule has 0 bridgehead atoms. The molecule has 1 N–H and O–H groups in total. The van der Waals surface area contributed by atoms with Gasteiger partial charge >= 0.3 is 0 Å². The number of aromatic nitrogens is 2. The van der Waals surface area contributed by atoms with Crippen LogP contribution in [0.2, 0.25) is 0 Å². The van der Waals surface area contributed by atoms with Crippen LogP contribution in [0.4, 0.5) is 0 Å². The lowest BCUT2D eigenvalue weighted by molar-refractivity contribution is -0.122. The van der Waals surface area contributed by atoms with E-state index >= 15 is 0 Å². The Hall–Kier alpha value is -1.40. The van der Waals surface area contributed by atoms with Crippen molar-refractivity contribution in [2.45, 2.75) is 51.2 Å². The highest BCUT2D eigenvalue weighted by Crippen LogP contribution is 2.32. The monoisotopic (exact) mass is 333 g/mol. The Kier molecular flexibility index (Phi) is 4.85. The second-order valence-corrected chi connectivity index (χ2v) is 7.38. The molecule has 4 rings (SSSR count). The molecular weight excluding hydrogens is 306 g/mol. The summed E-state index contributed by atoms with van der Waals surface area (Å²) in [6, 6.07) is 0. The third kappa shape index (κ3) is 3.98. The Balaban J connectivity index is 1.35. The molecule has 0 radical (unpaired) electrons. The van der Waals surface area contributed by atoms with Crippen molar-refractivity contribution >= 4 is 5.91 Å². The first kappa shape index (κ1) is 16.1. The van der Waals surface area contributed by atoms with Crippen molar-refractivity contribution < 1.29 is 14.3 Å². The van der Waals surface area contributed by atoms with Crippen LogP contribution in [-0.2, 0) is 27.2 Å². The van der Waals surface area contributed by atoms with Crippen molar-refractivity contribution in [1.29, 1.82) is 0 Å². The van der Waals surface area contributed by atoms with Gasteiger partial charge < -0.3 is 14.8 Å². The van der Waals surface area contributed by atoms with E-state index < -0.39 is 0 Å². The van der Waals surface area contributed by atoms with Gasteiger partial charge in [0.1, 0.15) is 6.10 Å². The van der Waals surface area contributed by atoms with Gasteiger partial charge in [-0.05, 0) is 49.5 Å². The number of hydrogen-bond donors (Lipinski definition) is 1. The van der Waals surface area contributed by atoms with Crippen molar-refractivity contribution in [3.05, 3.63) is 17.5 Å². The maximum atomic E-state index is 11.9. The highest BCUT2D eigenvalue weighted by atomic mass is 16.5. The van der Waals surface area contributed by atoms with Gasteiger partial charge in [-0.2, -0.15) is 5.10 Å². The van der Waals surface area contributed by atoms with E-state index in [9.17, 15) is 4.79 Å². The number of carbonyl (C=O) groups excluding carboxylic acids is 1. The second kappa shape index (κ2) is 7.23. The van der Waals surface area contributed by atoms with Gasteiger partial charge in [-0.3, -0.25) is 9.48 Å². The number of carbonyl (C=O) groups is 1. The minimum atomic E-state index is -0.104. The molecule has 3 aliphatic rings. The predicted molar refractivity (Wildman–Crippen MR) is 88.5 cm³/mol. The number of amides is 1. The molecule has 1 saturated heterocycles. The molecule has 1 atom stereocenters. The number of nitrogens with zero attached hydrogens (tertiary/aromatic N) is 2. The Bertz CT molecular complexity index is 576. The zero-order valence-electron chi connectivity index (χ0n) is 14.2. The van der Waals surface area contributed by atoms with Crippen LogP contribution in [0.15, 0.2) is 6.20 Å². The van der Waals surface area contributed by atoms with Crippen LogP contribution >= 0.6 is 0 Å². The molecule has 6 heteroatoms. The molecule has 1 unspecified atom stereocenters. The summed E-state index contributed by atoms with van der Waals surface area (Å²) in [5, 5.41) is 7.80. The summed E-state index contributed by atoms with van der Waals surface area (Å²) in [5.74, 6) is 1.42. The number of fused-ring (bicyclic) bond motifs is 1. The smallest absolute Gasteiger partial charge is 0.220 e. The Labute approximate surface area is 142 Å². The molecule has 1 aromatic heterocycles. The zero-order valence-corrected chi connectivity index (χ0v) is 14.2. The van der Waals surface area contributed by atoms with Gasteiger partial charge in [0.2, 0.25) is 5.91 Å². The van der Waals surface area contributed by atoms with E-state index in [1.807, 2.05) is 0 Å². The molecule has 132 valence electrons. The van der Waals surface area contributed by atoms with Crippen LogP contribution in [-0.4, -0.2) is 42.1 Å². The third-order valence-corrected chi connectivity index (χ3v) is 5.31. The van der Waals surface area contributed by atoms with Gasteiger partial charge in [0.25, 0.3) is 0 Å². The molecule has 0 spiro atoms. The standard InChI is InChI=1S/C18H27N3O3/c22-17(9-13-1-2-13)19-10-16-18-15(5-8-24-16)12-21(20-18)11-14-3-6-23-7-4-14/h12-14,16H,1-11H2,(H,19,22). The first-order chi connectivity index (χ1) is 11.8. The van der Waals surface area contributed by atoms with Crippen molar-refractivity contribution in [3.8, 4) is 0 Å². The number of nitrogens with one attached hydrogen (secondary N) is 1. The van der Waals surface area contributed by atoms with Gasteiger partial charge in [0.05, 0.1) is 12.3 Å². The fourth-order valence-electron chi connectivity index (χ4n) is 3.64. The molecule has 0 aromatic carbocycles. The fourth-order valence-corrected chi connectivity index (χ4v) is 3.64. The molecule has 24 heavy (non-hydrogen) atoms. The lowest BCUT2D eigenvalue weighted by atomic mass is 10.0. The highest BCUT2D eigenvalue weighted by Gasteiger charge is 2.28. The summed E-state index contributed by atoms with van der Waals surface area (Å²) < 4.78 is 13.4. The predicted octanol–water partition coefficient (Wildman–Crippen LogP) is 1.84. The summed E-state index contributed by atoms with van der Waals surface area (Å²) >= 11 is 0. The summed E-state index contributed by atoms with van der Waals surface area (Å²) in [5.41, 5.74) is 2.29. The van der Waals surface area contributed by atoms with Crippen LogP contribution in [0.5, 0.6) is 0 Å². The van der Waals surface area contributed by atoms with E-state index in [1.165, 1.54) is 18.4 Å². The van der Waals surface area contributed by atoms with Gasteiger partial charge in [0, 0.05) is 38.9 Å². The summed E-state index contributed by atoms with van der Waals surface area (Å²) in [7, 11) is 0. The second-order valence-electron chi connectivity index (χ2n) is 7.38. The van der Waals surface area contributed by atoms with Crippen molar-refractivity contribution in [2.24, 2.45) is 11.8 Å². The molecule has 3 heterocycles. The molecule has 6 nitrogen and oxygen atoms in total. The lowest BCUT2D eigenvalue weighted by Gasteiger charge is -2.22. The summed E-state index contributed by atoms with van der Waals surface area (Å²) in [6.07, 6.45) is 8.28. The minimum absolute atomic E-state index is 0.104. The normalized spacial score (nSPS) is 24.6. The first-order valence-electron chi connectivity index (χ1n) is 9.30. The first-order valence-corrected chi connectivity index (χ1v) is 9.30. The van der Waals surface area contributed by atoms with E-state index in [-0.39, 0.29) is 12.0 Å². The van der Waals surface area contributed by atoms with Crippen LogP contribution in [0.1, 0.15) is 49.5 Å². The SMILES string of the molecule is O=C(CC1CC1)NCC1OCCc2cn(CC3CCOCC3)nc21. The van der Waals surface area contributed by atoms with Crippen LogP contribution in [0.3, 0.4) is 0 Å². The summed E-state index contributed by atoms with van der Waals surface area (Å²) in [6.45, 7) is 3.93. The zero-order chi connectivity index (χ0) is 16.4.